The Bertz CT molecular complexity index is 992. The van der Waals surface area contributed by atoms with Crippen LogP contribution in [0.4, 0.5) is 5.69 Å². The van der Waals surface area contributed by atoms with Crippen LogP contribution >= 0.6 is 22.7 Å². The van der Waals surface area contributed by atoms with Crippen LogP contribution in [0.25, 0.3) is 10.6 Å². The highest BCUT2D eigenvalue weighted by atomic mass is 32.2. The van der Waals surface area contributed by atoms with E-state index in [1.165, 1.54) is 36.9 Å². The van der Waals surface area contributed by atoms with E-state index >= 15 is 0 Å². The van der Waals surface area contributed by atoms with Gasteiger partial charge < -0.3 is 9.47 Å². The zero-order chi connectivity index (χ0) is 18.0. The molecular formula is C16H16N2O4S3. The maximum absolute atomic E-state index is 12.7. The zero-order valence-corrected chi connectivity index (χ0v) is 16.2. The monoisotopic (exact) mass is 396 g/mol. The van der Waals surface area contributed by atoms with E-state index in [1.807, 2.05) is 12.3 Å². The molecule has 0 bridgehead atoms. The minimum Gasteiger partial charge on any atom is -0.497 e. The number of aryl methyl sites for hydroxylation is 1. The van der Waals surface area contributed by atoms with Gasteiger partial charge in [-0.05, 0) is 31.2 Å². The summed E-state index contributed by atoms with van der Waals surface area (Å²) in [7, 11) is -0.716. The number of aromatic nitrogens is 1. The third-order valence-corrected chi connectivity index (χ3v) is 7.11. The molecule has 0 amide bonds. The van der Waals surface area contributed by atoms with Crippen LogP contribution in [-0.2, 0) is 10.0 Å². The van der Waals surface area contributed by atoms with Crippen LogP contribution < -0.4 is 14.2 Å². The Labute approximate surface area is 154 Å². The average Bonchev–Trinajstić information content (AvgIpc) is 3.24. The van der Waals surface area contributed by atoms with E-state index in [1.54, 1.807) is 30.3 Å². The van der Waals surface area contributed by atoms with Gasteiger partial charge in [-0.2, -0.15) is 0 Å². The largest absolute Gasteiger partial charge is 0.497 e. The lowest BCUT2D eigenvalue weighted by atomic mass is 10.3. The van der Waals surface area contributed by atoms with Crippen LogP contribution in [0, 0.1) is 6.92 Å². The number of nitrogens with one attached hydrogen (secondary N) is 1. The maximum Gasteiger partial charge on any atom is 0.271 e. The molecule has 1 aromatic carbocycles. The molecule has 132 valence electrons. The third kappa shape index (κ3) is 3.78. The smallest absolute Gasteiger partial charge is 0.271 e. The van der Waals surface area contributed by atoms with Gasteiger partial charge in [0.05, 0.1) is 35.5 Å². The van der Waals surface area contributed by atoms with Crippen molar-refractivity contribution >= 4 is 38.4 Å². The molecular weight excluding hydrogens is 380 g/mol. The van der Waals surface area contributed by atoms with Crippen molar-refractivity contribution in [2.45, 2.75) is 11.1 Å². The highest BCUT2D eigenvalue weighted by Crippen LogP contribution is 2.34. The van der Waals surface area contributed by atoms with Crippen molar-refractivity contribution in [2.24, 2.45) is 0 Å². The van der Waals surface area contributed by atoms with Crippen LogP contribution in [0.3, 0.4) is 0 Å². The van der Waals surface area contributed by atoms with Crippen LogP contribution in [0.1, 0.15) is 5.01 Å². The molecule has 2 aromatic heterocycles. The van der Waals surface area contributed by atoms with Crippen molar-refractivity contribution in [3.8, 4) is 22.1 Å². The van der Waals surface area contributed by atoms with Crippen LogP contribution in [0.5, 0.6) is 11.5 Å². The van der Waals surface area contributed by atoms with Gasteiger partial charge in [0.25, 0.3) is 10.0 Å². The van der Waals surface area contributed by atoms with Gasteiger partial charge in [-0.15, -0.1) is 22.7 Å². The molecule has 0 aliphatic carbocycles. The molecule has 0 unspecified atom stereocenters. The molecule has 6 nitrogen and oxygen atoms in total. The number of hydrogen-bond donors (Lipinski definition) is 1. The zero-order valence-electron chi connectivity index (χ0n) is 13.8. The molecule has 0 atom stereocenters. The van der Waals surface area contributed by atoms with Gasteiger partial charge in [-0.1, -0.05) is 0 Å². The van der Waals surface area contributed by atoms with Gasteiger partial charge in [0.2, 0.25) is 0 Å². The highest BCUT2D eigenvalue weighted by molar-refractivity contribution is 7.94. The van der Waals surface area contributed by atoms with Gasteiger partial charge in [0, 0.05) is 11.4 Å². The first-order valence-corrected chi connectivity index (χ1v) is 10.4. The normalized spacial score (nSPS) is 11.3. The standard InChI is InChI=1S/C16H16N2O4S3/c1-10-17-13(9-23-10)15-6-7-16(24-15)25(19,20)18-12-5-4-11(21-2)8-14(12)22-3/h4-9,18H,1-3H3. The Balaban J connectivity index is 1.89. The van der Waals surface area contributed by atoms with E-state index in [9.17, 15) is 8.42 Å². The lowest BCUT2D eigenvalue weighted by Gasteiger charge is -2.12. The van der Waals surface area contributed by atoms with Crippen LogP contribution in [-0.4, -0.2) is 27.6 Å². The number of sulfonamides is 1. The molecule has 3 aromatic rings. The Morgan fingerprint density at radius 2 is 1.92 bits per heavy atom. The van der Waals surface area contributed by atoms with Crippen LogP contribution in [0.15, 0.2) is 39.9 Å². The summed E-state index contributed by atoms with van der Waals surface area (Å²) in [5.41, 5.74) is 1.14. The van der Waals surface area contributed by atoms with E-state index in [-0.39, 0.29) is 4.21 Å². The fraction of sp³-hybridized carbons (Fsp3) is 0.188. The van der Waals surface area contributed by atoms with Crippen molar-refractivity contribution in [1.82, 2.24) is 4.98 Å². The fourth-order valence-electron chi connectivity index (χ4n) is 2.16. The number of thiophene rings is 1. The Morgan fingerprint density at radius 1 is 1.12 bits per heavy atom. The van der Waals surface area contributed by atoms with Crippen molar-refractivity contribution in [3.05, 3.63) is 40.7 Å². The number of rotatable bonds is 6. The predicted molar refractivity (Wildman–Crippen MR) is 101 cm³/mol. The Kier molecular flexibility index (Phi) is 4.98. The molecule has 0 fully saturated rings. The molecule has 3 rings (SSSR count). The first-order chi connectivity index (χ1) is 11.9. The van der Waals surface area contributed by atoms with E-state index < -0.39 is 10.0 Å². The number of methoxy groups -OCH3 is 2. The molecule has 9 heteroatoms. The summed E-state index contributed by atoms with van der Waals surface area (Å²) in [4.78, 5) is 5.20. The maximum atomic E-state index is 12.7. The number of nitrogens with zero attached hydrogens (tertiary/aromatic N) is 1. The van der Waals surface area contributed by atoms with Gasteiger partial charge in [-0.25, -0.2) is 13.4 Å². The minimum atomic E-state index is -3.72. The Hall–Kier alpha value is -2.10. The molecule has 2 heterocycles. The first kappa shape index (κ1) is 17.7. The molecule has 0 aliphatic heterocycles. The number of anilines is 1. The highest BCUT2D eigenvalue weighted by Gasteiger charge is 2.20. The predicted octanol–water partition coefficient (Wildman–Crippen LogP) is 4.00. The summed E-state index contributed by atoms with van der Waals surface area (Å²) in [5, 5.41) is 2.85. The van der Waals surface area contributed by atoms with Gasteiger partial charge in [0.15, 0.2) is 0 Å². The summed E-state index contributed by atoms with van der Waals surface area (Å²) < 4.78 is 38.5. The molecule has 25 heavy (non-hydrogen) atoms. The second kappa shape index (κ2) is 7.03. The number of thiazole rings is 1. The molecule has 0 aliphatic rings. The summed E-state index contributed by atoms with van der Waals surface area (Å²) in [5.74, 6) is 0.965. The second-order valence-corrected chi connectivity index (χ2v) is 9.10. The molecule has 0 saturated carbocycles. The van der Waals surface area contributed by atoms with Gasteiger partial charge in [0.1, 0.15) is 15.7 Å². The summed E-state index contributed by atoms with van der Waals surface area (Å²) in [6, 6.07) is 8.23. The molecule has 0 radical (unpaired) electrons. The van der Waals surface area contributed by atoms with Crippen LogP contribution in [0.2, 0.25) is 0 Å². The lowest BCUT2D eigenvalue weighted by Crippen LogP contribution is -2.12. The summed E-state index contributed by atoms with van der Waals surface area (Å²) >= 11 is 2.70. The van der Waals surface area contributed by atoms with Gasteiger partial charge >= 0.3 is 0 Å². The fourth-order valence-corrected chi connectivity index (χ4v) is 5.18. The van der Waals surface area contributed by atoms with E-state index in [0.29, 0.717) is 17.2 Å². The van der Waals surface area contributed by atoms with Crippen molar-refractivity contribution in [3.63, 3.8) is 0 Å². The minimum absolute atomic E-state index is 0.214. The SMILES string of the molecule is COc1ccc(NS(=O)(=O)c2ccc(-c3csc(C)n3)s2)c(OC)c1. The Morgan fingerprint density at radius 3 is 2.56 bits per heavy atom. The van der Waals surface area contributed by atoms with Crippen molar-refractivity contribution < 1.29 is 17.9 Å². The molecule has 1 N–H and O–H groups in total. The van der Waals surface area contributed by atoms with Gasteiger partial charge in [-0.3, -0.25) is 4.72 Å². The lowest BCUT2D eigenvalue weighted by molar-refractivity contribution is 0.395. The second-order valence-electron chi connectivity index (χ2n) is 5.04. The van der Waals surface area contributed by atoms with Crippen molar-refractivity contribution in [2.75, 3.05) is 18.9 Å². The van der Waals surface area contributed by atoms with E-state index in [2.05, 4.69) is 9.71 Å². The number of benzene rings is 1. The number of ether oxygens (including phenoxy) is 2. The summed E-state index contributed by atoms with van der Waals surface area (Å²) in [6.07, 6.45) is 0. The third-order valence-electron chi connectivity index (χ3n) is 3.37. The molecule has 0 saturated heterocycles. The van der Waals surface area contributed by atoms with Crippen molar-refractivity contribution in [1.29, 1.82) is 0 Å². The topological polar surface area (TPSA) is 77.5 Å². The molecule has 0 spiro atoms. The van der Waals surface area contributed by atoms with E-state index in [4.69, 9.17) is 9.47 Å². The first-order valence-electron chi connectivity index (χ1n) is 7.20. The quantitative estimate of drug-likeness (QED) is 0.681. The number of hydrogen-bond acceptors (Lipinski definition) is 7. The average molecular weight is 397 g/mol. The van der Waals surface area contributed by atoms with E-state index in [0.717, 1.165) is 15.6 Å². The summed E-state index contributed by atoms with van der Waals surface area (Å²) in [6.45, 7) is 1.91.